The summed E-state index contributed by atoms with van der Waals surface area (Å²) in [6.45, 7) is 1.16. The normalized spacial score (nSPS) is 11.2. The van der Waals surface area contributed by atoms with Gasteiger partial charge in [0.25, 0.3) is 5.91 Å². The van der Waals surface area contributed by atoms with Gasteiger partial charge in [-0.15, -0.1) is 10.2 Å². The van der Waals surface area contributed by atoms with Crippen LogP contribution in [0.4, 0.5) is 19.1 Å². The van der Waals surface area contributed by atoms with E-state index in [2.05, 4.69) is 15.5 Å². The van der Waals surface area contributed by atoms with Crippen LogP contribution in [0.2, 0.25) is 0 Å². The minimum Gasteiger partial charge on any atom is -0.426 e. The second kappa shape index (κ2) is 6.07. The number of carbonyl (C=O) groups excluding carboxylic acids is 2. The Morgan fingerprint density at radius 2 is 1.87 bits per heavy atom. The molecule has 2 rings (SSSR count). The fourth-order valence-electron chi connectivity index (χ4n) is 1.75. The van der Waals surface area contributed by atoms with Crippen LogP contribution >= 0.6 is 0 Å². The largest absolute Gasteiger partial charge is 0.451 e. The number of rotatable bonds is 3. The number of carbonyl (C=O) groups is 2. The zero-order valence-electron chi connectivity index (χ0n) is 12.0. The van der Waals surface area contributed by atoms with E-state index in [1.54, 1.807) is 6.07 Å². The molecule has 0 spiro atoms. The molecule has 1 aromatic carbocycles. The summed E-state index contributed by atoms with van der Waals surface area (Å²) < 4.78 is 43.4. The second-order valence-corrected chi connectivity index (χ2v) is 4.45. The number of nitrogens with one attached hydrogen (secondary N) is 1. The fraction of sp³-hybridized carbons (Fsp3) is 0.231. The van der Waals surface area contributed by atoms with Gasteiger partial charge in [0.1, 0.15) is 5.75 Å². The average Bonchev–Trinajstić information content (AvgIpc) is 2.80. The Balaban J connectivity index is 2.27. The first-order valence-corrected chi connectivity index (χ1v) is 6.25. The van der Waals surface area contributed by atoms with Crippen molar-refractivity contribution in [1.82, 2.24) is 14.8 Å². The minimum absolute atomic E-state index is 0.0179. The van der Waals surface area contributed by atoms with Gasteiger partial charge in [0.15, 0.2) is 0 Å². The summed E-state index contributed by atoms with van der Waals surface area (Å²) in [4.78, 5) is 23.2. The molecule has 1 heterocycles. The van der Waals surface area contributed by atoms with Gasteiger partial charge >= 0.3 is 12.1 Å². The number of hydrogen-bond acceptors (Lipinski definition) is 5. The lowest BCUT2D eigenvalue weighted by atomic mass is 10.2. The predicted molar refractivity (Wildman–Crippen MR) is 71.7 cm³/mol. The van der Waals surface area contributed by atoms with Crippen LogP contribution in [0.1, 0.15) is 23.1 Å². The number of benzene rings is 1. The molecule has 0 unspecified atom stereocenters. The molecule has 7 nitrogen and oxygen atoms in total. The summed E-state index contributed by atoms with van der Waals surface area (Å²) in [5, 5.41) is 8.48. The Hall–Kier alpha value is -2.91. The molecular weight excluding hydrogens is 317 g/mol. The molecule has 0 radical (unpaired) electrons. The highest BCUT2D eigenvalue weighted by atomic mass is 19.4. The van der Waals surface area contributed by atoms with Gasteiger partial charge in [-0.05, 0) is 12.1 Å². The maximum absolute atomic E-state index is 12.6. The van der Waals surface area contributed by atoms with Crippen LogP contribution < -0.4 is 10.1 Å². The highest BCUT2D eigenvalue weighted by Gasteiger charge is 2.37. The monoisotopic (exact) mass is 328 g/mol. The number of para-hydroxylation sites is 1. The lowest BCUT2D eigenvalue weighted by Gasteiger charge is -2.10. The van der Waals surface area contributed by atoms with E-state index < -0.39 is 23.9 Å². The SMILES string of the molecule is CC(=O)Oc1ccccc1C(=O)Nc1nnc(C(F)(F)F)n1C. The average molecular weight is 328 g/mol. The van der Waals surface area contributed by atoms with E-state index in [1.807, 2.05) is 0 Å². The number of nitrogens with zero attached hydrogens (tertiary/aromatic N) is 3. The number of ether oxygens (including phenoxy) is 1. The van der Waals surface area contributed by atoms with Crippen molar-refractivity contribution < 1.29 is 27.5 Å². The van der Waals surface area contributed by atoms with E-state index in [4.69, 9.17) is 4.74 Å². The first-order valence-electron chi connectivity index (χ1n) is 6.25. The van der Waals surface area contributed by atoms with Gasteiger partial charge in [-0.1, -0.05) is 12.1 Å². The first-order chi connectivity index (χ1) is 10.7. The molecule has 1 N–H and O–H groups in total. The summed E-state index contributed by atoms with van der Waals surface area (Å²) in [5.74, 6) is -3.08. The highest BCUT2D eigenvalue weighted by molar-refractivity contribution is 6.05. The van der Waals surface area contributed by atoms with E-state index in [1.165, 1.54) is 18.2 Å². The Kier molecular flexibility index (Phi) is 4.34. The molecule has 0 fully saturated rings. The Morgan fingerprint density at radius 1 is 1.22 bits per heavy atom. The van der Waals surface area contributed by atoms with Gasteiger partial charge in [0, 0.05) is 14.0 Å². The third kappa shape index (κ3) is 3.65. The van der Waals surface area contributed by atoms with E-state index >= 15 is 0 Å². The van der Waals surface area contributed by atoms with Gasteiger partial charge < -0.3 is 4.74 Å². The molecule has 1 aromatic heterocycles. The van der Waals surface area contributed by atoms with E-state index in [0.29, 0.717) is 4.57 Å². The molecule has 2 aromatic rings. The van der Waals surface area contributed by atoms with Crippen LogP contribution in [0, 0.1) is 0 Å². The smallest absolute Gasteiger partial charge is 0.426 e. The van der Waals surface area contributed by atoms with Gasteiger partial charge in [-0.3, -0.25) is 19.5 Å². The molecule has 0 aliphatic carbocycles. The highest BCUT2D eigenvalue weighted by Crippen LogP contribution is 2.28. The summed E-state index contributed by atoms with van der Waals surface area (Å²) >= 11 is 0. The maximum Gasteiger partial charge on any atom is 0.451 e. The van der Waals surface area contributed by atoms with E-state index in [9.17, 15) is 22.8 Å². The van der Waals surface area contributed by atoms with Crippen molar-refractivity contribution in [3.05, 3.63) is 35.7 Å². The quantitative estimate of drug-likeness (QED) is 0.688. The number of hydrogen-bond donors (Lipinski definition) is 1. The van der Waals surface area contributed by atoms with Gasteiger partial charge in [0.2, 0.25) is 11.8 Å². The molecule has 122 valence electrons. The van der Waals surface area contributed by atoms with Crippen LogP contribution in [0.15, 0.2) is 24.3 Å². The maximum atomic E-state index is 12.6. The number of amides is 1. The Morgan fingerprint density at radius 3 is 2.43 bits per heavy atom. The number of alkyl halides is 3. The van der Waals surface area contributed by atoms with Crippen LogP contribution in [0.25, 0.3) is 0 Å². The van der Waals surface area contributed by atoms with Crippen molar-refractivity contribution in [2.45, 2.75) is 13.1 Å². The molecule has 0 bridgehead atoms. The summed E-state index contributed by atoms with van der Waals surface area (Å²) in [5.41, 5.74) is -0.0285. The summed E-state index contributed by atoms with van der Waals surface area (Å²) in [7, 11) is 1.07. The first kappa shape index (κ1) is 16.5. The van der Waals surface area contributed by atoms with Crippen LogP contribution in [0.3, 0.4) is 0 Å². The standard InChI is InChI=1S/C13H11F3N4O3/c1-7(21)23-9-6-4-3-5-8(9)10(22)17-12-19-18-11(20(12)2)13(14,15)16/h3-6H,1-2H3,(H,17,19,22). The zero-order chi connectivity index (χ0) is 17.2. The summed E-state index contributed by atoms with van der Waals surface area (Å²) in [6, 6.07) is 5.79. The number of aromatic nitrogens is 3. The molecule has 0 atom stereocenters. The van der Waals surface area contributed by atoms with Crippen LogP contribution in [-0.2, 0) is 18.0 Å². The van der Waals surface area contributed by atoms with Crippen LogP contribution in [0.5, 0.6) is 5.75 Å². The third-order valence-electron chi connectivity index (χ3n) is 2.74. The third-order valence-corrected chi connectivity index (χ3v) is 2.74. The predicted octanol–water partition coefficient (Wildman–Crippen LogP) is 2.01. The molecule has 0 aliphatic rings. The summed E-state index contributed by atoms with van der Waals surface area (Å²) in [6.07, 6.45) is -4.69. The minimum atomic E-state index is -4.69. The lowest BCUT2D eigenvalue weighted by molar-refractivity contribution is -0.147. The molecular formula is C13H11F3N4O3. The topological polar surface area (TPSA) is 86.1 Å². The van der Waals surface area contributed by atoms with E-state index in [-0.39, 0.29) is 17.3 Å². The Labute approximate surface area is 128 Å². The number of esters is 1. The number of anilines is 1. The van der Waals surface area contributed by atoms with Crippen molar-refractivity contribution in [3.8, 4) is 5.75 Å². The van der Waals surface area contributed by atoms with Crippen molar-refractivity contribution >= 4 is 17.8 Å². The van der Waals surface area contributed by atoms with Gasteiger partial charge in [0.05, 0.1) is 5.56 Å². The van der Waals surface area contributed by atoms with Crippen LogP contribution in [-0.4, -0.2) is 26.6 Å². The van der Waals surface area contributed by atoms with Gasteiger partial charge in [-0.2, -0.15) is 13.2 Å². The fourth-order valence-corrected chi connectivity index (χ4v) is 1.75. The van der Waals surface area contributed by atoms with Gasteiger partial charge in [-0.25, -0.2) is 0 Å². The van der Waals surface area contributed by atoms with E-state index in [0.717, 1.165) is 14.0 Å². The molecule has 0 aliphatic heterocycles. The van der Waals surface area contributed by atoms with Crippen molar-refractivity contribution in [1.29, 1.82) is 0 Å². The molecule has 0 saturated heterocycles. The number of halogens is 3. The molecule has 10 heteroatoms. The van der Waals surface area contributed by atoms with Crippen molar-refractivity contribution in [2.75, 3.05) is 5.32 Å². The zero-order valence-corrected chi connectivity index (χ0v) is 12.0. The lowest BCUT2D eigenvalue weighted by Crippen LogP contribution is -2.19. The molecule has 1 amide bonds. The second-order valence-electron chi connectivity index (χ2n) is 4.45. The molecule has 23 heavy (non-hydrogen) atoms. The van der Waals surface area contributed by atoms with Crippen molar-refractivity contribution in [3.63, 3.8) is 0 Å². The molecule has 0 saturated carbocycles. The Bertz CT molecular complexity index is 755. The van der Waals surface area contributed by atoms with Crippen molar-refractivity contribution in [2.24, 2.45) is 7.05 Å².